The maximum absolute atomic E-state index is 13.0. The number of nitriles is 1. The van der Waals surface area contributed by atoms with E-state index in [-0.39, 0.29) is 32.8 Å². The number of esters is 1. The molecule has 0 aliphatic heterocycles. The van der Waals surface area contributed by atoms with Crippen LogP contribution in [-0.4, -0.2) is 30.8 Å². The summed E-state index contributed by atoms with van der Waals surface area (Å²) in [6.07, 6.45) is 2.50. The Morgan fingerprint density at radius 2 is 1.94 bits per heavy atom. The SMILES string of the molecule is CCOC(=O)c1nn(-c2ccccc2)cc1/C=C(/C#N)S(=O)(=O)c1cc(Cl)ccc1Cl. The van der Waals surface area contributed by atoms with Crippen LogP contribution in [0.3, 0.4) is 0 Å². The van der Waals surface area contributed by atoms with Crippen LogP contribution >= 0.6 is 23.2 Å². The molecule has 0 fully saturated rings. The van der Waals surface area contributed by atoms with Crippen LogP contribution in [0.15, 0.2) is 64.5 Å². The number of benzene rings is 2. The van der Waals surface area contributed by atoms with Gasteiger partial charge in [-0.15, -0.1) is 0 Å². The van der Waals surface area contributed by atoms with E-state index in [0.717, 1.165) is 12.1 Å². The minimum atomic E-state index is -4.32. The van der Waals surface area contributed by atoms with Crippen molar-refractivity contribution in [2.24, 2.45) is 0 Å². The Labute approximate surface area is 189 Å². The Kier molecular flexibility index (Phi) is 6.81. The maximum Gasteiger partial charge on any atom is 0.359 e. The summed E-state index contributed by atoms with van der Waals surface area (Å²) in [4.78, 5) is 11.5. The fourth-order valence-corrected chi connectivity index (χ4v) is 4.58. The van der Waals surface area contributed by atoms with Gasteiger partial charge in [-0.25, -0.2) is 17.9 Å². The number of hydrogen-bond acceptors (Lipinski definition) is 6. The molecule has 0 saturated carbocycles. The van der Waals surface area contributed by atoms with Gasteiger partial charge in [0.1, 0.15) is 11.0 Å². The molecular weight excluding hydrogens is 461 g/mol. The fraction of sp³-hybridized carbons (Fsp3) is 0.0952. The maximum atomic E-state index is 13.0. The molecule has 31 heavy (non-hydrogen) atoms. The zero-order chi connectivity index (χ0) is 22.6. The zero-order valence-electron chi connectivity index (χ0n) is 16.1. The number of ether oxygens (including phenoxy) is 1. The lowest BCUT2D eigenvalue weighted by molar-refractivity contribution is 0.0518. The smallest absolute Gasteiger partial charge is 0.359 e. The lowest BCUT2D eigenvalue weighted by Crippen LogP contribution is -2.09. The van der Waals surface area contributed by atoms with E-state index in [9.17, 15) is 18.5 Å². The lowest BCUT2D eigenvalue weighted by atomic mass is 10.2. The number of sulfone groups is 1. The van der Waals surface area contributed by atoms with E-state index >= 15 is 0 Å². The molecule has 0 unspecified atom stereocenters. The molecule has 158 valence electrons. The van der Waals surface area contributed by atoms with E-state index in [0.29, 0.717) is 5.69 Å². The van der Waals surface area contributed by atoms with Crippen molar-refractivity contribution in [3.8, 4) is 11.8 Å². The first-order valence-electron chi connectivity index (χ1n) is 8.92. The molecule has 0 atom stereocenters. The number of carbonyl (C=O) groups excluding carboxylic acids is 1. The summed E-state index contributed by atoms with van der Waals surface area (Å²) in [7, 11) is -4.32. The van der Waals surface area contributed by atoms with E-state index in [4.69, 9.17) is 27.9 Å². The number of para-hydroxylation sites is 1. The number of aromatic nitrogens is 2. The third kappa shape index (κ3) is 4.80. The number of hydrogen-bond donors (Lipinski definition) is 0. The molecule has 0 spiro atoms. The fourth-order valence-electron chi connectivity index (χ4n) is 2.68. The van der Waals surface area contributed by atoms with Crippen LogP contribution in [0.25, 0.3) is 11.8 Å². The second-order valence-electron chi connectivity index (χ2n) is 6.13. The minimum absolute atomic E-state index is 0.0869. The van der Waals surface area contributed by atoms with Crippen molar-refractivity contribution in [1.29, 1.82) is 5.26 Å². The largest absolute Gasteiger partial charge is 0.461 e. The van der Waals surface area contributed by atoms with Crippen molar-refractivity contribution in [3.63, 3.8) is 0 Å². The van der Waals surface area contributed by atoms with Gasteiger partial charge in [0, 0.05) is 16.8 Å². The van der Waals surface area contributed by atoms with Gasteiger partial charge in [0.25, 0.3) is 0 Å². The lowest BCUT2D eigenvalue weighted by Gasteiger charge is -2.06. The van der Waals surface area contributed by atoms with E-state index in [1.165, 1.54) is 23.0 Å². The molecule has 0 N–H and O–H groups in total. The van der Waals surface area contributed by atoms with Gasteiger partial charge in [-0.1, -0.05) is 41.4 Å². The van der Waals surface area contributed by atoms with Crippen molar-refractivity contribution >= 4 is 45.1 Å². The molecule has 1 heterocycles. The topological polar surface area (TPSA) is 102 Å². The summed E-state index contributed by atoms with van der Waals surface area (Å²) >= 11 is 11.9. The van der Waals surface area contributed by atoms with Crippen molar-refractivity contribution in [1.82, 2.24) is 9.78 Å². The van der Waals surface area contributed by atoms with Gasteiger partial charge in [-0.2, -0.15) is 10.4 Å². The Hall–Kier alpha value is -3.12. The van der Waals surface area contributed by atoms with Crippen LogP contribution in [-0.2, 0) is 14.6 Å². The van der Waals surface area contributed by atoms with Gasteiger partial charge in [-0.3, -0.25) is 0 Å². The monoisotopic (exact) mass is 475 g/mol. The van der Waals surface area contributed by atoms with Gasteiger partial charge in [0.05, 0.1) is 22.2 Å². The highest BCUT2D eigenvalue weighted by Gasteiger charge is 2.26. The quantitative estimate of drug-likeness (QED) is 0.378. The number of nitrogens with zero attached hydrogens (tertiary/aromatic N) is 3. The van der Waals surface area contributed by atoms with Gasteiger partial charge < -0.3 is 4.74 Å². The summed E-state index contributed by atoms with van der Waals surface area (Å²) < 4.78 is 32.5. The van der Waals surface area contributed by atoms with Crippen molar-refractivity contribution in [3.05, 3.63) is 80.9 Å². The average molecular weight is 476 g/mol. The molecule has 0 bridgehead atoms. The highest BCUT2D eigenvalue weighted by molar-refractivity contribution is 7.95. The average Bonchev–Trinajstić information content (AvgIpc) is 3.18. The third-order valence-corrected chi connectivity index (χ3v) is 6.48. The Morgan fingerprint density at radius 3 is 2.58 bits per heavy atom. The summed E-state index contributed by atoms with van der Waals surface area (Å²) in [5, 5.41) is 13.9. The Balaban J connectivity index is 2.17. The number of rotatable bonds is 6. The number of halogens is 2. The molecule has 0 radical (unpaired) electrons. The zero-order valence-corrected chi connectivity index (χ0v) is 18.4. The van der Waals surface area contributed by atoms with Crippen LogP contribution in [0, 0.1) is 11.3 Å². The molecule has 10 heteroatoms. The predicted octanol–water partition coefficient (Wildman–Crippen LogP) is 4.69. The molecule has 0 aliphatic rings. The van der Waals surface area contributed by atoms with Crippen molar-refractivity contribution in [2.45, 2.75) is 11.8 Å². The molecule has 2 aromatic carbocycles. The van der Waals surface area contributed by atoms with Crippen LogP contribution in [0.5, 0.6) is 0 Å². The second-order valence-corrected chi connectivity index (χ2v) is 8.86. The molecule has 1 aromatic heterocycles. The van der Waals surface area contributed by atoms with E-state index < -0.39 is 20.7 Å². The first-order valence-corrected chi connectivity index (χ1v) is 11.2. The third-order valence-electron chi connectivity index (χ3n) is 4.10. The molecule has 0 saturated heterocycles. The van der Waals surface area contributed by atoms with E-state index in [1.807, 2.05) is 6.07 Å². The highest BCUT2D eigenvalue weighted by Crippen LogP contribution is 2.30. The normalized spacial score (nSPS) is 11.7. The van der Waals surface area contributed by atoms with Crippen molar-refractivity contribution < 1.29 is 17.9 Å². The van der Waals surface area contributed by atoms with Crippen LogP contribution in [0.2, 0.25) is 10.0 Å². The first kappa shape index (κ1) is 22.6. The minimum Gasteiger partial charge on any atom is -0.461 e. The summed E-state index contributed by atoms with van der Waals surface area (Å²) in [5.74, 6) is -0.751. The molecule has 0 aliphatic carbocycles. The molecule has 0 amide bonds. The standard InChI is InChI=1S/C21H15Cl2N3O4S/c1-2-30-21(27)20-14(13-26(25-20)16-6-4-3-5-7-16)10-17(12-24)31(28,29)19-11-15(22)8-9-18(19)23/h3-11,13H,2H2,1H3/b17-10-. The molecular formula is C21H15Cl2N3O4S. The summed E-state index contributed by atoms with van der Waals surface area (Å²) in [5.41, 5.74) is 0.596. The first-order chi connectivity index (χ1) is 14.8. The van der Waals surface area contributed by atoms with E-state index in [2.05, 4.69) is 5.10 Å². The van der Waals surface area contributed by atoms with Crippen LogP contribution < -0.4 is 0 Å². The number of allylic oxidation sites excluding steroid dienone is 1. The number of carbonyl (C=O) groups is 1. The molecule has 3 rings (SSSR count). The second kappa shape index (κ2) is 9.35. The Bertz CT molecular complexity index is 1310. The highest BCUT2D eigenvalue weighted by atomic mass is 35.5. The van der Waals surface area contributed by atoms with Crippen LogP contribution in [0.4, 0.5) is 0 Å². The molecule has 3 aromatic rings. The van der Waals surface area contributed by atoms with Gasteiger partial charge >= 0.3 is 5.97 Å². The summed E-state index contributed by atoms with van der Waals surface area (Å²) in [6, 6.07) is 14.5. The predicted molar refractivity (Wildman–Crippen MR) is 117 cm³/mol. The Morgan fingerprint density at radius 1 is 1.23 bits per heavy atom. The van der Waals surface area contributed by atoms with Gasteiger partial charge in [0.15, 0.2) is 5.69 Å². The van der Waals surface area contributed by atoms with E-state index in [1.54, 1.807) is 37.3 Å². The van der Waals surface area contributed by atoms with Crippen LogP contribution in [0.1, 0.15) is 23.0 Å². The van der Waals surface area contributed by atoms with Crippen molar-refractivity contribution in [2.75, 3.05) is 6.61 Å². The van der Waals surface area contributed by atoms with Gasteiger partial charge in [0.2, 0.25) is 9.84 Å². The molecule has 7 nitrogen and oxygen atoms in total. The summed E-state index contributed by atoms with van der Waals surface area (Å²) in [6.45, 7) is 1.73. The van der Waals surface area contributed by atoms with Gasteiger partial charge in [-0.05, 0) is 43.3 Å².